The zero-order chi connectivity index (χ0) is 9.52. The Bertz CT molecular complexity index is 156. The van der Waals surface area contributed by atoms with Gasteiger partial charge in [0.1, 0.15) is 0 Å². The van der Waals surface area contributed by atoms with Crippen LogP contribution in [0.15, 0.2) is 0 Å². The maximum atomic E-state index is 11.4. The van der Waals surface area contributed by atoms with Gasteiger partial charge in [0, 0.05) is 13.7 Å². The van der Waals surface area contributed by atoms with Gasteiger partial charge in [-0.15, -0.1) is 0 Å². The molecule has 0 aromatic carbocycles. The molecule has 0 saturated carbocycles. The molecule has 0 radical (unpaired) electrons. The predicted octanol–water partition coefficient (Wildman–Crippen LogP) is -0.109. The van der Waals surface area contributed by atoms with Crippen molar-refractivity contribution in [2.75, 3.05) is 26.8 Å². The second kappa shape index (κ2) is 5.94. The van der Waals surface area contributed by atoms with E-state index in [1.54, 1.807) is 7.11 Å². The molecule has 4 nitrogen and oxygen atoms in total. The molecule has 1 rings (SSSR count). The number of hydrogen-bond acceptors (Lipinski definition) is 3. The summed E-state index contributed by atoms with van der Waals surface area (Å²) in [6.45, 7) is 2.15. The number of amides is 1. The maximum Gasteiger partial charge on any atom is 0.237 e. The van der Waals surface area contributed by atoms with Crippen molar-refractivity contribution >= 4 is 5.91 Å². The van der Waals surface area contributed by atoms with Crippen LogP contribution in [-0.4, -0.2) is 38.8 Å². The lowest BCUT2D eigenvalue weighted by atomic mass is 10.0. The fourth-order valence-corrected chi connectivity index (χ4v) is 1.48. The third kappa shape index (κ3) is 3.74. The minimum absolute atomic E-state index is 0.0191. The summed E-state index contributed by atoms with van der Waals surface area (Å²) in [7, 11) is 1.63. The first-order valence-electron chi connectivity index (χ1n) is 4.84. The molecule has 1 aliphatic heterocycles. The zero-order valence-electron chi connectivity index (χ0n) is 8.14. The number of ether oxygens (including phenoxy) is 1. The van der Waals surface area contributed by atoms with Crippen LogP contribution in [0.4, 0.5) is 0 Å². The van der Waals surface area contributed by atoms with Crippen molar-refractivity contribution in [3.8, 4) is 0 Å². The molecular formula is C9H18N2O2. The normalized spacial score (nSPS) is 22.7. The van der Waals surface area contributed by atoms with Crippen molar-refractivity contribution in [1.82, 2.24) is 10.6 Å². The van der Waals surface area contributed by atoms with E-state index in [1.807, 2.05) is 0 Å². The Morgan fingerprint density at radius 3 is 3.08 bits per heavy atom. The Kier molecular flexibility index (Phi) is 4.78. The van der Waals surface area contributed by atoms with Crippen LogP contribution in [0.25, 0.3) is 0 Å². The maximum absolute atomic E-state index is 11.4. The van der Waals surface area contributed by atoms with E-state index in [0.717, 1.165) is 19.4 Å². The van der Waals surface area contributed by atoms with Gasteiger partial charge in [-0.2, -0.15) is 0 Å². The van der Waals surface area contributed by atoms with Crippen molar-refractivity contribution in [2.45, 2.75) is 25.3 Å². The molecule has 2 N–H and O–H groups in total. The smallest absolute Gasteiger partial charge is 0.237 e. The Labute approximate surface area is 79.0 Å². The van der Waals surface area contributed by atoms with Gasteiger partial charge in [-0.3, -0.25) is 4.79 Å². The summed E-state index contributed by atoms with van der Waals surface area (Å²) >= 11 is 0. The van der Waals surface area contributed by atoms with Gasteiger partial charge in [0.05, 0.1) is 12.6 Å². The van der Waals surface area contributed by atoms with Gasteiger partial charge < -0.3 is 15.4 Å². The Balaban J connectivity index is 2.13. The standard InChI is InChI=1S/C9H18N2O2/c1-13-7-6-11-9(12)8-4-2-3-5-10-8/h8,10H,2-7H2,1H3,(H,11,12)/t8-/m1/s1. The molecule has 0 aliphatic carbocycles. The topological polar surface area (TPSA) is 50.4 Å². The number of nitrogens with one attached hydrogen (secondary N) is 2. The van der Waals surface area contributed by atoms with Crippen molar-refractivity contribution in [1.29, 1.82) is 0 Å². The van der Waals surface area contributed by atoms with Crippen molar-refractivity contribution in [2.24, 2.45) is 0 Å². The van der Waals surface area contributed by atoms with E-state index < -0.39 is 0 Å². The second-order valence-corrected chi connectivity index (χ2v) is 3.29. The van der Waals surface area contributed by atoms with Crippen LogP contribution < -0.4 is 10.6 Å². The van der Waals surface area contributed by atoms with E-state index in [9.17, 15) is 4.79 Å². The number of hydrogen-bond donors (Lipinski definition) is 2. The molecule has 0 aromatic rings. The van der Waals surface area contributed by atoms with Gasteiger partial charge in [0.15, 0.2) is 0 Å². The van der Waals surface area contributed by atoms with E-state index in [-0.39, 0.29) is 11.9 Å². The molecule has 1 saturated heterocycles. The van der Waals surface area contributed by atoms with Crippen LogP contribution in [0.3, 0.4) is 0 Å². The molecule has 1 heterocycles. The summed E-state index contributed by atoms with van der Waals surface area (Å²) in [5.74, 6) is 0.108. The van der Waals surface area contributed by atoms with Crippen LogP contribution >= 0.6 is 0 Å². The average molecular weight is 186 g/mol. The summed E-state index contributed by atoms with van der Waals surface area (Å²) in [6, 6.07) is 0.0191. The van der Waals surface area contributed by atoms with Crippen molar-refractivity contribution < 1.29 is 9.53 Å². The number of carbonyl (C=O) groups excluding carboxylic acids is 1. The van der Waals surface area contributed by atoms with E-state index in [2.05, 4.69) is 10.6 Å². The molecule has 13 heavy (non-hydrogen) atoms. The van der Waals surface area contributed by atoms with E-state index in [4.69, 9.17) is 4.74 Å². The number of rotatable bonds is 4. The van der Waals surface area contributed by atoms with E-state index in [0.29, 0.717) is 13.2 Å². The summed E-state index contributed by atoms with van der Waals surface area (Å²) in [4.78, 5) is 11.4. The second-order valence-electron chi connectivity index (χ2n) is 3.29. The Hall–Kier alpha value is -0.610. The highest BCUT2D eigenvalue weighted by atomic mass is 16.5. The van der Waals surface area contributed by atoms with Crippen LogP contribution in [0.1, 0.15) is 19.3 Å². The van der Waals surface area contributed by atoms with Gasteiger partial charge >= 0.3 is 0 Å². The highest BCUT2D eigenvalue weighted by molar-refractivity contribution is 5.81. The fourth-order valence-electron chi connectivity index (χ4n) is 1.48. The minimum atomic E-state index is 0.0191. The van der Waals surface area contributed by atoms with E-state index in [1.165, 1.54) is 6.42 Å². The average Bonchev–Trinajstić information content (AvgIpc) is 2.19. The number of piperidine rings is 1. The number of methoxy groups -OCH3 is 1. The largest absolute Gasteiger partial charge is 0.383 e. The van der Waals surface area contributed by atoms with Gasteiger partial charge in [-0.25, -0.2) is 0 Å². The first-order chi connectivity index (χ1) is 6.34. The van der Waals surface area contributed by atoms with Gasteiger partial charge in [0.2, 0.25) is 5.91 Å². The molecule has 1 amide bonds. The lowest BCUT2D eigenvalue weighted by Crippen LogP contribution is -2.47. The molecule has 4 heteroatoms. The van der Waals surface area contributed by atoms with Crippen LogP contribution in [0.2, 0.25) is 0 Å². The lowest BCUT2D eigenvalue weighted by Gasteiger charge is -2.22. The first kappa shape index (κ1) is 10.5. The molecule has 1 fully saturated rings. The van der Waals surface area contributed by atoms with Gasteiger partial charge in [-0.05, 0) is 19.4 Å². The Morgan fingerprint density at radius 2 is 2.46 bits per heavy atom. The predicted molar refractivity (Wildman–Crippen MR) is 50.5 cm³/mol. The van der Waals surface area contributed by atoms with Crippen LogP contribution in [0.5, 0.6) is 0 Å². The number of carbonyl (C=O) groups is 1. The molecule has 1 atom stereocenters. The van der Waals surface area contributed by atoms with Crippen molar-refractivity contribution in [3.63, 3.8) is 0 Å². The quantitative estimate of drug-likeness (QED) is 0.602. The SMILES string of the molecule is COCCNC(=O)[C@H]1CCCCN1. The minimum Gasteiger partial charge on any atom is -0.383 e. The molecule has 0 unspecified atom stereocenters. The summed E-state index contributed by atoms with van der Waals surface area (Å²) < 4.78 is 4.84. The van der Waals surface area contributed by atoms with Crippen LogP contribution in [-0.2, 0) is 9.53 Å². The third-order valence-electron chi connectivity index (χ3n) is 2.23. The fraction of sp³-hybridized carbons (Fsp3) is 0.889. The summed E-state index contributed by atoms with van der Waals surface area (Å²) in [5.41, 5.74) is 0. The third-order valence-corrected chi connectivity index (χ3v) is 2.23. The zero-order valence-corrected chi connectivity index (χ0v) is 8.14. The molecule has 76 valence electrons. The molecule has 0 bridgehead atoms. The lowest BCUT2D eigenvalue weighted by molar-refractivity contribution is -0.123. The van der Waals surface area contributed by atoms with Gasteiger partial charge in [0.25, 0.3) is 0 Å². The molecule has 1 aliphatic rings. The van der Waals surface area contributed by atoms with Crippen molar-refractivity contribution in [3.05, 3.63) is 0 Å². The molecular weight excluding hydrogens is 168 g/mol. The Morgan fingerprint density at radius 1 is 1.62 bits per heavy atom. The highest BCUT2D eigenvalue weighted by Gasteiger charge is 2.19. The highest BCUT2D eigenvalue weighted by Crippen LogP contribution is 2.06. The first-order valence-corrected chi connectivity index (χ1v) is 4.84. The molecule has 0 aromatic heterocycles. The van der Waals surface area contributed by atoms with E-state index >= 15 is 0 Å². The molecule has 0 spiro atoms. The monoisotopic (exact) mass is 186 g/mol. The van der Waals surface area contributed by atoms with Crippen LogP contribution in [0, 0.1) is 0 Å². The summed E-state index contributed by atoms with van der Waals surface area (Å²) in [6.07, 6.45) is 3.29. The summed E-state index contributed by atoms with van der Waals surface area (Å²) in [5, 5.41) is 6.02. The van der Waals surface area contributed by atoms with Gasteiger partial charge in [-0.1, -0.05) is 6.42 Å².